The smallest absolute Gasteiger partial charge is 0.0342 e. The Balaban J connectivity index is 2.42. The van der Waals surface area contributed by atoms with Crippen molar-refractivity contribution in [1.29, 1.82) is 0 Å². The Labute approximate surface area is 103 Å². The van der Waals surface area contributed by atoms with Crippen LogP contribution < -0.4 is 5.73 Å². The van der Waals surface area contributed by atoms with E-state index in [0.29, 0.717) is 17.1 Å². The Morgan fingerprint density at radius 2 is 1.94 bits per heavy atom. The quantitative estimate of drug-likeness (QED) is 0.798. The second-order valence-electron chi connectivity index (χ2n) is 5.16. The molecule has 1 heterocycles. The lowest BCUT2D eigenvalue weighted by molar-refractivity contribution is 0.452. The largest absolute Gasteiger partial charge is 0.324 e. The van der Waals surface area contributed by atoms with E-state index in [-0.39, 0.29) is 6.04 Å². The molecule has 0 aliphatic carbocycles. The molecule has 3 atom stereocenters. The maximum Gasteiger partial charge on any atom is 0.0342 e. The van der Waals surface area contributed by atoms with E-state index in [2.05, 4.69) is 45.9 Å². The maximum absolute atomic E-state index is 6.34. The highest BCUT2D eigenvalue weighted by molar-refractivity contribution is 8.00. The molecule has 2 rings (SSSR count). The van der Waals surface area contributed by atoms with Crippen LogP contribution in [-0.2, 0) is 0 Å². The monoisotopic (exact) mass is 235 g/mol. The van der Waals surface area contributed by atoms with E-state index in [0.717, 1.165) is 0 Å². The van der Waals surface area contributed by atoms with Gasteiger partial charge in [-0.15, -0.1) is 11.8 Å². The summed E-state index contributed by atoms with van der Waals surface area (Å²) in [6.07, 6.45) is 0. The molecule has 0 saturated heterocycles. The van der Waals surface area contributed by atoms with Crippen molar-refractivity contribution in [3.05, 3.63) is 29.3 Å². The first-order chi connectivity index (χ1) is 7.50. The third kappa shape index (κ3) is 2.01. The van der Waals surface area contributed by atoms with E-state index in [1.165, 1.54) is 16.0 Å². The molecule has 0 saturated carbocycles. The average Bonchev–Trinajstić information content (AvgIpc) is 2.25. The standard InChI is InChI=1S/C14H21NS/c1-8(2)11-5-6-13-12(7-11)14(15)9(3)10(4)16-13/h5-10,14H,15H2,1-4H3. The van der Waals surface area contributed by atoms with Gasteiger partial charge in [0, 0.05) is 16.2 Å². The summed E-state index contributed by atoms with van der Waals surface area (Å²) in [6, 6.07) is 6.99. The highest BCUT2D eigenvalue weighted by Crippen LogP contribution is 2.43. The fourth-order valence-corrected chi connectivity index (χ4v) is 3.44. The van der Waals surface area contributed by atoms with Gasteiger partial charge in [0.2, 0.25) is 0 Å². The van der Waals surface area contributed by atoms with E-state index in [1.807, 2.05) is 11.8 Å². The lowest BCUT2D eigenvalue weighted by atomic mass is 9.89. The molecule has 0 bridgehead atoms. The predicted molar refractivity (Wildman–Crippen MR) is 71.9 cm³/mol. The van der Waals surface area contributed by atoms with Crippen LogP contribution in [0.4, 0.5) is 0 Å². The van der Waals surface area contributed by atoms with Crippen LogP contribution in [0.15, 0.2) is 23.1 Å². The van der Waals surface area contributed by atoms with Crippen molar-refractivity contribution < 1.29 is 0 Å². The summed E-state index contributed by atoms with van der Waals surface area (Å²) in [4.78, 5) is 1.38. The van der Waals surface area contributed by atoms with Gasteiger partial charge in [0.15, 0.2) is 0 Å². The Kier molecular flexibility index (Phi) is 3.32. The van der Waals surface area contributed by atoms with Crippen molar-refractivity contribution in [2.24, 2.45) is 11.7 Å². The van der Waals surface area contributed by atoms with Gasteiger partial charge in [-0.2, -0.15) is 0 Å². The van der Waals surface area contributed by atoms with Gasteiger partial charge in [-0.3, -0.25) is 0 Å². The number of fused-ring (bicyclic) bond motifs is 1. The first kappa shape index (κ1) is 12.0. The molecular weight excluding hydrogens is 214 g/mol. The Hall–Kier alpha value is -0.470. The Bertz CT molecular complexity index is 386. The van der Waals surface area contributed by atoms with Crippen molar-refractivity contribution in [3.8, 4) is 0 Å². The molecule has 0 fully saturated rings. The molecule has 1 aromatic rings. The lowest BCUT2D eigenvalue weighted by Gasteiger charge is -2.33. The van der Waals surface area contributed by atoms with Gasteiger partial charge in [0.1, 0.15) is 0 Å². The van der Waals surface area contributed by atoms with Crippen LogP contribution in [0.1, 0.15) is 50.8 Å². The number of hydrogen-bond acceptors (Lipinski definition) is 2. The third-order valence-corrected chi connectivity index (χ3v) is 5.11. The summed E-state index contributed by atoms with van der Waals surface area (Å²) >= 11 is 1.96. The van der Waals surface area contributed by atoms with Crippen LogP contribution in [0.25, 0.3) is 0 Å². The lowest BCUT2D eigenvalue weighted by Crippen LogP contribution is -2.30. The summed E-state index contributed by atoms with van der Waals surface area (Å²) in [5.74, 6) is 1.14. The zero-order valence-corrected chi connectivity index (χ0v) is 11.3. The van der Waals surface area contributed by atoms with Crippen LogP contribution in [0.2, 0.25) is 0 Å². The van der Waals surface area contributed by atoms with Crippen LogP contribution in [0, 0.1) is 5.92 Å². The highest BCUT2D eigenvalue weighted by Gasteiger charge is 2.29. The molecule has 1 aliphatic rings. The molecule has 2 N–H and O–H groups in total. The van der Waals surface area contributed by atoms with Crippen LogP contribution in [-0.4, -0.2) is 5.25 Å². The maximum atomic E-state index is 6.34. The van der Waals surface area contributed by atoms with Gasteiger partial charge in [-0.1, -0.05) is 39.8 Å². The minimum Gasteiger partial charge on any atom is -0.324 e. The molecule has 2 heteroatoms. The summed E-state index contributed by atoms with van der Waals surface area (Å²) < 4.78 is 0. The Morgan fingerprint density at radius 3 is 2.56 bits per heavy atom. The normalized spacial score (nSPS) is 29.2. The van der Waals surface area contributed by atoms with Gasteiger partial charge in [0.05, 0.1) is 0 Å². The second kappa shape index (κ2) is 4.42. The van der Waals surface area contributed by atoms with E-state index < -0.39 is 0 Å². The summed E-state index contributed by atoms with van der Waals surface area (Å²) in [5.41, 5.74) is 9.08. The number of thioether (sulfide) groups is 1. The summed E-state index contributed by atoms with van der Waals surface area (Å²) in [5, 5.41) is 0.618. The third-order valence-electron chi connectivity index (χ3n) is 3.68. The summed E-state index contributed by atoms with van der Waals surface area (Å²) in [7, 11) is 0. The first-order valence-corrected chi connectivity index (χ1v) is 6.94. The van der Waals surface area contributed by atoms with Crippen LogP contribution in [0.5, 0.6) is 0 Å². The van der Waals surface area contributed by atoms with E-state index in [9.17, 15) is 0 Å². The zero-order chi connectivity index (χ0) is 11.9. The topological polar surface area (TPSA) is 26.0 Å². The number of nitrogens with two attached hydrogens (primary N) is 1. The molecular formula is C14H21NS. The van der Waals surface area contributed by atoms with Crippen molar-refractivity contribution in [3.63, 3.8) is 0 Å². The number of hydrogen-bond donors (Lipinski definition) is 1. The number of rotatable bonds is 1. The van der Waals surface area contributed by atoms with Crippen molar-refractivity contribution >= 4 is 11.8 Å². The summed E-state index contributed by atoms with van der Waals surface area (Å²) in [6.45, 7) is 8.99. The van der Waals surface area contributed by atoms with Crippen molar-refractivity contribution in [2.75, 3.05) is 0 Å². The van der Waals surface area contributed by atoms with E-state index in [4.69, 9.17) is 5.73 Å². The minimum absolute atomic E-state index is 0.199. The average molecular weight is 235 g/mol. The van der Waals surface area contributed by atoms with Gasteiger partial charge < -0.3 is 5.73 Å². The van der Waals surface area contributed by atoms with Crippen molar-refractivity contribution in [1.82, 2.24) is 0 Å². The molecule has 16 heavy (non-hydrogen) atoms. The molecule has 1 aromatic carbocycles. The molecule has 1 nitrogen and oxygen atoms in total. The second-order valence-corrected chi connectivity index (χ2v) is 6.58. The van der Waals surface area contributed by atoms with Gasteiger partial charge >= 0.3 is 0 Å². The highest BCUT2D eigenvalue weighted by atomic mass is 32.2. The zero-order valence-electron chi connectivity index (χ0n) is 10.5. The van der Waals surface area contributed by atoms with Crippen molar-refractivity contribution in [2.45, 2.75) is 49.8 Å². The molecule has 0 radical (unpaired) electrons. The number of benzene rings is 1. The molecule has 0 aromatic heterocycles. The fourth-order valence-electron chi connectivity index (χ4n) is 2.18. The fraction of sp³-hybridized carbons (Fsp3) is 0.571. The van der Waals surface area contributed by atoms with Crippen LogP contribution in [0.3, 0.4) is 0 Å². The molecule has 1 aliphatic heterocycles. The van der Waals surface area contributed by atoms with Crippen LogP contribution >= 0.6 is 11.8 Å². The predicted octanol–water partition coefficient (Wildman–Crippen LogP) is 3.94. The van der Waals surface area contributed by atoms with Gasteiger partial charge in [-0.25, -0.2) is 0 Å². The minimum atomic E-state index is 0.199. The SMILES string of the molecule is CC(C)c1ccc2c(c1)C(N)C(C)C(C)S2. The molecule has 0 spiro atoms. The van der Waals surface area contributed by atoms with E-state index >= 15 is 0 Å². The first-order valence-electron chi connectivity index (χ1n) is 6.06. The van der Waals surface area contributed by atoms with Gasteiger partial charge in [-0.05, 0) is 29.0 Å². The molecule has 88 valence electrons. The molecule has 0 amide bonds. The van der Waals surface area contributed by atoms with E-state index in [1.54, 1.807) is 0 Å². The van der Waals surface area contributed by atoms with Gasteiger partial charge in [0.25, 0.3) is 0 Å². The molecule has 3 unspecified atom stereocenters. The Morgan fingerprint density at radius 1 is 1.25 bits per heavy atom.